The van der Waals surface area contributed by atoms with Gasteiger partial charge < -0.3 is 11.1 Å². The molecule has 6 nitrogen and oxygen atoms in total. The third-order valence-electron chi connectivity index (χ3n) is 2.57. The maximum atomic E-state index is 10.6. The standard InChI is InChI=1S/C12H11ClN4O2/c1-7-3-2-4-8(13)11(7)15-10-6-5-9(17(18)19)12(14)16-10/h2-6H,1H3,(H3,14,15,16). The van der Waals surface area contributed by atoms with Gasteiger partial charge in [0.25, 0.3) is 0 Å². The average molecular weight is 279 g/mol. The van der Waals surface area contributed by atoms with Crippen LogP contribution in [0.15, 0.2) is 30.3 Å². The van der Waals surface area contributed by atoms with Gasteiger partial charge in [0, 0.05) is 6.07 Å². The van der Waals surface area contributed by atoms with Crippen LogP contribution in [-0.4, -0.2) is 9.91 Å². The Morgan fingerprint density at radius 3 is 2.68 bits per heavy atom. The Morgan fingerprint density at radius 2 is 2.11 bits per heavy atom. The largest absolute Gasteiger partial charge is 0.378 e. The van der Waals surface area contributed by atoms with Crippen LogP contribution in [0.3, 0.4) is 0 Å². The smallest absolute Gasteiger partial charge is 0.311 e. The van der Waals surface area contributed by atoms with Crippen LogP contribution < -0.4 is 11.1 Å². The van der Waals surface area contributed by atoms with Crippen molar-refractivity contribution < 1.29 is 4.92 Å². The number of para-hydroxylation sites is 1. The number of nitrogens with two attached hydrogens (primary N) is 1. The number of nitrogens with zero attached hydrogens (tertiary/aromatic N) is 2. The van der Waals surface area contributed by atoms with Gasteiger partial charge in [0.1, 0.15) is 5.82 Å². The first-order valence-electron chi connectivity index (χ1n) is 5.42. The summed E-state index contributed by atoms with van der Waals surface area (Å²) in [7, 11) is 0. The van der Waals surface area contributed by atoms with Gasteiger partial charge >= 0.3 is 5.69 Å². The molecule has 2 aromatic rings. The maximum absolute atomic E-state index is 10.6. The highest BCUT2D eigenvalue weighted by Gasteiger charge is 2.13. The minimum absolute atomic E-state index is 0.139. The summed E-state index contributed by atoms with van der Waals surface area (Å²) < 4.78 is 0. The van der Waals surface area contributed by atoms with Crippen LogP contribution in [0.5, 0.6) is 0 Å². The van der Waals surface area contributed by atoms with E-state index in [4.69, 9.17) is 17.3 Å². The number of hydrogen-bond donors (Lipinski definition) is 2. The SMILES string of the molecule is Cc1cccc(Cl)c1Nc1ccc([N+](=O)[O-])c(N)n1. The van der Waals surface area contributed by atoms with Gasteiger partial charge in [-0.1, -0.05) is 23.7 Å². The van der Waals surface area contributed by atoms with Crippen LogP contribution in [0, 0.1) is 17.0 Å². The number of aromatic nitrogens is 1. The number of hydrogen-bond acceptors (Lipinski definition) is 5. The van der Waals surface area contributed by atoms with E-state index in [0.29, 0.717) is 16.5 Å². The molecule has 0 amide bonds. The number of rotatable bonds is 3. The summed E-state index contributed by atoms with van der Waals surface area (Å²) in [5, 5.41) is 14.2. The lowest BCUT2D eigenvalue weighted by Gasteiger charge is -2.10. The van der Waals surface area contributed by atoms with Crippen LogP contribution in [0.2, 0.25) is 5.02 Å². The van der Waals surface area contributed by atoms with Gasteiger partial charge in [-0.05, 0) is 24.6 Å². The van der Waals surface area contributed by atoms with Crippen LogP contribution in [-0.2, 0) is 0 Å². The number of anilines is 3. The van der Waals surface area contributed by atoms with E-state index in [-0.39, 0.29) is 11.5 Å². The molecule has 0 bridgehead atoms. The van der Waals surface area contributed by atoms with E-state index in [1.807, 2.05) is 19.1 Å². The molecule has 0 unspecified atom stereocenters. The fourth-order valence-corrected chi connectivity index (χ4v) is 1.88. The van der Waals surface area contributed by atoms with E-state index in [1.165, 1.54) is 12.1 Å². The molecule has 0 aliphatic carbocycles. The van der Waals surface area contributed by atoms with E-state index >= 15 is 0 Å². The van der Waals surface area contributed by atoms with Crippen LogP contribution in [0.1, 0.15) is 5.56 Å². The highest BCUT2D eigenvalue weighted by atomic mass is 35.5. The molecular formula is C12H11ClN4O2. The zero-order chi connectivity index (χ0) is 14.0. The Kier molecular flexibility index (Phi) is 3.52. The van der Waals surface area contributed by atoms with Gasteiger partial charge in [0.2, 0.25) is 5.82 Å². The summed E-state index contributed by atoms with van der Waals surface area (Å²) in [6, 6.07) is 8.25. The van der Waals surface area contributed by atoms with Gasteiger partial charge in [-0.15, -0.1) is 0 Å². The Hall–Kier alpha value is -2.34. The molecule has 0 atom stereocenters. The fraction of sp³-hybridized carbons (Fsp3) is 0.0833. The van der Waals surface area contributed by atoms with Crippen molar-refractivity contribution in [2.75, 3.05) is 11.1 Å². The van der Waals surface area contributed by atoms with Crippen molar-refractivity contribution in [2.24, 2.45) is 0 Å². The molecular weight excluding hydrogens is 268 g/mol. The first-order valence-corrected chi connectivity index (χ1v) is 5.80. The molecule has 1 aromatic carbocycles. The minimum atomic E-state index is -0.577. The minimum Gasteiger partial charge on any atom is -0.378 e. The second-order valence-electron chi connectivity index (χ2n) is 3.91. The number of halogens is 1. The van der Waals surface area contributed by atoms with Crippen molar-refractivity contribution in [1.29, 1.82) is 0 Å². The summed E-state index contributed by atoms with van der Waals surface area (Å²) >= 11 is 6.07. The molecule has 19 heavy (non-hydrogen) atoms. The molecule has 0 spiro atoms. The molecule has 1 heterocycles. The second kappa shape index (κ2) is 5.11. The second-order valence-corrected chi connectivity index (χ2v) is 4.32. The van der Waals surface area contributed by atoms with Crippen molar-refractivity contribution in [3.05, 3.63) is 51.0 Å². The quantitative estimate of drug-likeness (QED) is 0.664. The summed E-state index contributed by atoms with van der Waals surface area (Å²) in [4.78, 5) is 14.0. The summed E-state index contributed by atoms with van der Waals surface area (Å²) in [6.07, 6.45) is 0. The molecule has 0 aliphatic rings. The first kappa shape index (κ1) is 13.1. The van der Waals surface area contributed by atoms with Crippen molar-refractivity contribution in [3.8, 4) is 0 Å². The Balaban J connectivity index is 2.34. The van der Waals surface area contributed by atoms with Gasteiger partial charge in [-0.25, -0.2) is 4.98 Å². The van der Waals surface area contributed by atoms with Crippen molar-refractivity contribution in [1.82, 2.24) is 4.98 Å². The molecule has 2 rings (SSSR count). The van der Waals surface area contributed by atoms with Gasteiger partial charge in [0.15, 0.2) is 0 Å². The van der Waals surface area contributed by atoms with Gasteiger partial charge in [-0.2, -0.15) is 0 Å². The summed E-state index contributed by atoms with van der Waals surface area (Å²) in [6.45, 7) is 1.89. The third-order valence-corrected chi connectivity index (χ3v) is 2.89. The molecule has 0 radical (unpaired) electrons. The molecule has 98 valence electrons. The molecule has 0 fully saturated rings. The molecule has 7 heteroatoms. The lowest BCUT2D eigenvalue weighted by atomic mass is 10.2. The third kappa shape index (κ3) is 2.74. The van der Waals surface area contributed by atoms with E-state index in [2.05, 4.69) is 10.3 Å². The Bertz CT molecular complexity index is 625. The molecule has 1 aromatic heterocycles. The summed E-state index contributed by atoms with van der Waals surface area (Å²) in [5.41, 5.74) is 6.94. The topological polar surface area (TPSA) is 94.1 Å². The fourth-order valence-electron chi connectivity index (χ4n) is 1.61. The number of pyridine rings is 1. The number of nitro groups is 1. The van der Waals surface area contributed by atoms with E-state index in [9.17, 15) is 10.1 Å². The predicted molar refractivity (Wildman–Crippen MR) is 74.8 cm³/mol. The Labute approximate surface area is 114 Å². The average Bonchev–Trinajstić information content (AvgIpc) is 2.33. The number of aryl methyl sites for hydroxylation is 1. The van der Waals surface area contributed by atoms with Gasteiger partial charge in [-0.3, -0.25) is 10.1 Å². The lowest BCUT2D eigenvalue weighted by molar-refractivity contribution is -0.384. The summed E-state index contributed by atoms with van der Waals surface area (Å²) in [5.74, 6) is 0.263. The molecule has 0 saturated carbocycles. The zero-order valence-electron chi connectivity index (χ0n) is 10.1. The highest BCUT2D eigenvalue weighted by Crippen LogP contribution is 2.29. The number of benzene rings is 1. The van der Waals surface area contributed by atoms with Crippen molar-refractivity contribution in [2.45, 2.75) is 6.92 Å². The van der Waals surface area contributed by atoms with E-state index < -0.39 is 4.92 Å². The maximum Gasteiger partial charge on any atom is 0.311 e. The first-order chi connectivity index (χ1) is 8.99. The van der Waals surface area contributed by atoms with Crippen molar-refractivity contribution >= 4 is 34.6 Å². The van der Waals surface area contributed by atoms with Crippen molar-refractivity contribution in [3.63, 3.8) is 0 Å². The monoisotopic (exact) mass is 278 g/mol. The zero-order valence-corrected chi connectivity index (χ0v) is 10.8. The predicted octanol–water partition coefficient (Wildman–Crippen LogP) is 3.28. The Morgan fingerprint density at radius 1 is 1.37 bits per heavy atom. The van der Waals surface area contributed by atoms with Crippen LogP contribution >= 0.6 is 11.6 Å². The van der Waals surface area contributed by atoms with E-state index in [0.717, 1.165) is 5.56 Å². The number of nitrogen functional groups attached to an aromatic ring is 1. The van der Waals surface area contributed by atoms with E-state index in [1.54, 1.807) is 6.07 Å². The highest BCUT2D eigenvalue weighted by molar-refractivity contribution is 6.33. The molecule has 0 aliphatic heterocycles. The van der Waals surface area contributed by atoms with Gasteiger partial charge in [0.05, 0.1) is 15.6 Å². The number of nitrogens with one attached hydrogen (secondary N) is 1. The molecule has 0 saturated heterocycles. The van der Waals surface area contributed by atoms with Crippen LogP contribution in [0.4, 0.5) is 23.0 Å². The normalized spacial score (nSPS) is 10.2. The van der Waals surface area contributed by atoms with Crippen LogP contribution in [0.25, 0.3) is 0 Å². The molecule has 3 N–H and O–H groups in total. The lowest BCUT2D eigenvalue weighted by Crippen LogP contribution is -2.02.